The van der Waals surface area contributed by atoms with E-state index in [0.717, 1.165) is 10.2 Å². The molecule has 1 amide bonds. The van der Waals surface area contributed by atoms with Crippen LogP contribution in [0.5, 0.6) is 0 Å². The first kappa shape index (κ1) is 12.2. The third-order valence-corrected chi connectivity index (χ3v) is 3.97. The Kier molecular flexibility index (Phi) is 3.00. The van der Waals surface area contributed by atoms with E-state index in [1.54, 1.807) is 29.7 Å². The summed E-state index contributed by atoms with van der Waals surface area (Å²) in [4.78, 5) is 20.4. The van der Waals surface area contributed by atoms with Crippen molar-refractivity contribution in [3.63, 3.8) is 0 Å². The van der Waals surface area contributed by atoms with Gasteiger partial charge in [-0.1, -0.05) is 11.6 Å². The molecular formula is C13H10ClN3OS. The minimum absolute atomic E-state index is 0.248. The monoisotopic (exact) mass is 291 g/mol. The fraction of sp³-hybridized carbons (Fsp3) is 0.0769. The molecule has 0 aliphatic rings. The summed E-state index contributed by atoms with van der Waals surface area (Å²) in [6, 6.07) is 7.25. The molecule has 96 valence electrons. The first-order chi connectivity index (χ1) is 9.13. The van der Waals surface area contributed by atoms with Crippen LogP contribution < -0.4 is 5.32 Å². The lowest BCUT2D eigenvalue weighted by molar-refractivity contribution is 0.102. The molecule has 3 rings (SSSR count). The number of nitrogens with zero attached hydrogens (tertiary/aromatic N) is 1. The number of thiophene rings is 1. The van der Waals surface area contributed by atoms with Crippen LogP contribution in [-0.4, -0.2) is 15.9 Å². The number of rotatable bonds is 2. The molecule has 0 aromatic carbocycles. The number of nitrogens with one attached hydrogen (secondary N) is 2. The molecule has 0 atom stereocenters. The second-order valence-corrected chi connectivity index (χ2v) is 5.80. The summed E-state index contributed by atoms with van der Waals surface area (Å²) in [5.74, 6) is 0.116. The zero-order chi connectivity index (χ0) is 13.4. The minimum Gasteiger partial charge on any atom is -0.350 e. The van der Waals surface area contributed by atoms with Crippen LogP contribution >= 0.6 is 22.9 Å². The molecule has 6 heteroatoms. The molecule has 0 aliphatic carbocycles. The first-order valence-electron chi connectivity index (χ1n) is 5.64. The van der Waals surface area contributed by atoms with Gasteiger partial charge in [-0.3, -0.25) is 4.79 Å². The van der Waals surface area contributed by atoms with E-state index in [0.29, 0.717) is 16.5 Å². The van der Waals surface area contributed by atoms with Crippen LogP contribution in [0.2, 0.25) is 5.02 Å². The number of hydrogen-bond acceptors (Lipinski definition) is 3. The zero-order valence-electron chi connectivity index (χ0n) is 10.0. The van der Waals surface area contributed by atoms with E-state index < -0.39 is 0 Å². The average molecular weight is 292 g/mol. The second kappa shape index (κ2) is 4.68. The van der Waals surface area contributed by atoms with Gasteiger partial charge in [0.2, 0.25) is 0 Å². The number of carbonyl (C=O) groups is 1. The van der Waals surface area contributed by atoms with Gasteiger partial charge in [-0.05, 0) is 31.2 Å². The standard InChI is InChI=1S/C13H10ClN3OS/c1-7-5-9-11(19-7)6-10(16-9)13(18)17-12-8(14)3-2-4-15-12/h2-6,16H,1H3,(H,15,17,18). The number of halogens is 1. The van der Waals surface area contributed by atoms with E-state index >= 15 is 0 Å². The lowest BCUT2D eigenvalue weighted by Gasteiger charge is -2.03. The van der Waals surface area contributed by atoms with Crippen molar-refractivity contribution in [2.45, 2.75) is 6.92 Å². The van der Waals surface area contributed by atoms with Crippen LogP contribution in [0.15, 0.2) is 30.5 Å². The Labute approximate surface area is 118 Å². The predicted octanol–water partition coefficient (Wildman–Crippen LogP) is 3.84. The van der Waals surface area contributed by atoms with Crippen molar-refractivity contribution in [2.24, 2.45) is 0 Å². The van der Waals surface area contributed by atoms with Crippen LogP contribution in [0.3, 0.4) is 0 Å². The molecule has 0 bridgehead atoms. The van der Waals surface area contributed by atoms with Gasteiger partial charge >= 0.3 is 0 Å². The second-order valence-electron chi connectivity index (χ2n) is 4.11. The highest BCUT2D eigenvalue weighted by atomic mass is 35.5. The number of aryl methyl sites for hydroxylation is 1. The van der Waals surface area contributed by atoms with Gasteiger partial charge in [0.15, 0.2) is 5.82 Å². The quantitative estimate of drug-likeness (QED) is 0.754. The molecule has 3 aromatic heterocycles. The smallest absolute Gasteiger partial charge is 0.273 e. The predicted molar refractivity (Wildman–Crippen MR) is 78.1 cm³/mol. The van der Waals surface area contributed by atoms with Gasteiger partial charge in [0, 0.05) is 11.1 Å². The summed E-state index contributed by atoms with van der Waals surface area (Å²) < 4.78 is 1.06. The summed E-state index contributed by atoms with van der Waals surface area (Å²) in [5, 5.41) is 3.10. The van der Waals surface area contributed by atoms with Crippen molar-refractivity contribution >= 4 is 44.9 Å². The van der Waals surface area contributed by atoms with E-state index in [4.69, 9.17) is 11.6 Å². The SMILES string of the molecule is Cc1cc2[nH]c(C(=O)Nc3ncccc3Cl)cc2s1. The molecule has 0 saturated carbocycles. The van der Waals surface area contributed by atoms with Crippen molar-refractivity contribution < 1.29 is 4.79 Å². The Hall–Kier alpha value is -1.85. The molecule has 3 aromatic rings. The molecule has 19 heavy (non-hydrogen) atoms. The van der Waals surface area contributed by atoms with Crippen LogP contribution in [-0.2, 0) is 0 Å². The average Bonchev–Trinajstić information content (AvgIpc) is 2.89. The van der Waals surface area contributed by atoms with E-state index in [9.17, 15) is 4.79 Å². The van der Waals surface area contributed by atoms with E-state index in [1.807, 2.05) is 19.1 Å². The molecule has 0 radical (unpaired) electrons. The fourth-order valence-electron chi connectivity index (χ4n) is 1.82. The van der Waals surface area contributed by atoms with Gasteiger partial charge in [-0.2, -0.15) is 0 Å². The third-order valence-electron chi connectivity index (χ3n) is 2.66. The minimum atomic E-state index is -0.248. The van der Waals surface area contributed by atoms with Gasteiger partial charge in [-0.15, -0.1) is 11.3 Å². The van der Waals surface area contributed by atoms with Crippen molar-refractivity contribution in [1.29, 1.82) is 0 Å². The molecule has 0 saturated heterocycles. The maximum Gasteiger partial charge on any atom is 0.273 e. The van der Waals surface area contributed by atoms with E-state index in [-0.39, 0.29) is 5.91 Å². The molecule has 0 spiro atoms. The number of H-pyrrole nitrogens is 1. The van der Waals surface area contributed by atoms with Crippen LogP contribution in [0.4, 0.5) is 5.82 Å². The Morgan fingerprint density at radius 1 is 1.47 bits per heavy atom. The summed E-state index contributed by atoms with van der Waals surface area (Å²) >= 11 is 7.60. The lowest BCUT2D eigenvalue weighted by atomic mass is 10.4. The Bertz CT molecular complexity index is 731. The largest absolute Gasteiger partial charge is 0.350 e. The molecule has 0 aliphatic heterocycles. The molecule has 3 heterocycles. The number of carbonyl (C=O) groups excluding carboxylic acids is 1. The van der Waals surface area contributed by atoms with Crippen molar-refractivity contribution in [1.82, 2.24) is 9.97 Å². The normalized spacial score (nSPS) is 10.8. The summed E-state index contributed by atoms with van der Waals surface area (Å²) in [6.07, 6.45) is 1.58. The van der Waals surface area contributed by atoms with Gasteiger partial charge in [0.1, 0.15) is 5.69 Å². The molecular weight excluding hydrogens is 282 g/mol. The molecule has 4 nitrogen and oxygen atoms in total. The summed E-state index contributed by atoms with van der Waals surface area (Å²) in [6.45, 7) is 2.03. The van der Waals surface area contributed by atoms with Gasteiger partial charge in [0.25, 0.3) is 5.91 Å². The molecule has 0 unspecified atom stereocenters. The molecule has 0 fully saturated rings. The van der Waals surface area contributed by atoms with Gasteiger partial charge < -0.3 is 10.3 Å². The fourth-order valence-corrected chi connectivity index (χ4v) is 2.91. The van der Waals surface area contributed by atoms with Gasteiger partial charge in [-0.25, -0.2) is 4.98 Å². The van der Waals surface area contributed by atoms with Crippen LogP contribution in [0, 0.1) is 6.92 Å². The highest BCUT2D eigenvalue weighted by Crippen LogP contribution is 2.26. The Morgan fingerprint density at radius 3 is 3.05 bits per heavy atom. The number of aromatic nitrogens is 2. The maximum atomic E-state index is 12.1. The first-order valence-corrected chi connectivity index (χ1v) is 6.84. The lowest BCUT2D eigenvalue weighted by Crippen LogP contribution is -2.13. The topological polar surface area (TPSA) is 57.8 Å². The van der Waals surface area contributed by atoms with E-state index in [2.05, 4.69) is 15.3 Å². The number of fused-ring (bicyclic) bond motifs is 1. The van der Waals surface area contributed by atoms with E-state index in [1.165, 1.54) is 4.88 Å². The van der Waals surface area contributed by atoms with Crippen molar-refractivity contribution in [2.75, 3.05) is 5.32 Å². The number of pyridine rings is 1. The number of amides is 1. The van der Waals surface area contributed by atoms with Gasteiger partial charge in [0.05, 0.1) is 15.2 Å². The number of hydrogen-bond donors (Lipinski definition) is 2. The highest BCUT2D eigenvalue weighted by molar-refractivity contribution is 7.19. The molecule has 2 N–H and O–H groups in total. The zero-order valence-corrected chi connectivity index (χ0v) is 11.6. The van der Waals surface area contributed by atoms with Crippen molar-refractivity contribution in [3.05, 3.63) is 46.1 Å². The number of aromatic amines is 1. The van der Waals surface area contributed by atoms with Crippen LogP contribution in [0.25, 0.3) is 10.2 Å². The highest BCUT2D eigenvalue weighted by Gasteiger charge is 2.13. The summed E-state index contributed by atoms with van der Waals surface area (Å²) in [5.41, 5.74) is 1.47. The third kappa shape index (κ3) is 2.34. The number of anilines is 1. The Balaban J connectivity index is 1.87. The summed E-state index contributed by atoms with van der Waals surface area (Å²) in [7, 11) is 0. The maximum absolute atomic E-state index is 12.1. The van der Waals surface area contributed by atoms with Crippen LogP contribution in [0.1, 0.15) is 15.4 Å². The van der Waals surface area contributed by atoms with Crippen molar-refractivity contribution in [3.8, 4) is 0 Å². The Morgan fingerprint density at radius 2 is 2.32 bits per heavy atom.